The van der Waals surface area contributed by atoms with Gasteiger partial charge in [-0.05, 0) is 12.1 Å². The summed E-state index contributed by atoms with van der Waals surface area (Å²) in [5, 5.41) is 0. The molecule has 0 aliphatic carbocycles. The van der Waals surface area contributed by atoms with Crippen LogP contribution in [-0.2, 0) is 6.42 Å². The van der Waals surface area contributed by atoms with Gasteiger partial charge in [-0.2, -0.15) is 0 Å². The fourth-order valence-electron chi connectivity index (χ4n) is 1.86. The summed E-state index contributed by atoms with van der Waals surface area (Å²) in [6.07, 6.45) is 0.412. The average molecular weight is 241 g/mol. The monoisotopic (exact) mass is 241 g/mol. The maximum absolute atomic E-state index is 11.3. The van der Waals surface area contributed by atoms with Crippen LogP contribution in [0.15, 0.2) is 35.1 Å². The second kappa shape index (κ2) is 3.99. The first-order valence-corrected chi connectivity index (χ1v) is 5.50. The molecule has 3 aromatic rings. The van der Waals surface area contributed by atoms with E-state index in [9.17, 15) is 4.79 Å². The highest BCUT2D eigenvalue weighted by Crippen LogP contribution is 2.11. The highest BCUT2D eigenvalue weighted by atomic mass is 16.1. The number of benzene rings is 1. The minimum Gasteiger partial charge on any atom is -0.383 e. The number of para-hydroxylation sites is 2. The highest BCUT2D eigenvalue weighted by molar-refractivity contribution is 5.74. The minimum absolute atomic E-state index is 0.213. The van der Waals surface area contributed by atoms with E-state index >= 15 is 0 Å². The Morgan fingerprint density at radius 2 is 1.89 bits per heavy atom. The molecule has 18 heavy (non-hydrogen) atoms. The number of nitrogens with one attached hydrogen (secondary N) is 2. The van der Waals surface area contributed by atoms with Crippen LogP contribution in [0.3, 0.4) is 0 Å². The fraction of sp³-hybridized carbons (Fsp3) is 0.0833. The van der Waals surface area contributed by atoms with Gasteiger partial charge in [0.2, 0.25) is 0 Å². The number of aromatic nitrogens is 4. The predicted molar refractivity (Wildman–Crippen MR) is 68.2 cm³/mol. The highest BCUT2D eigenvalue weighted by Gasteiger charge is 2.05. The van der Waals surface area contributed by atoms with Gasteiger partial charge in [-0.15, -0.1) is 0 Å². The fourth-order valence-corrected chi connectivity index (χ4v) is 1.86. The third-order valence-electron chi connectivity index (χ3n) is 2.58. The van der Waals surface area contributed by atoms with Gasteiger partial charge in [0.15, 0.2) is 0 Å². The van der Waals surface area contributed by atoms with E-state index < -0.39 is 0 Å². The van der Waals surface area contributed by atoms with Crippen LogP contribution in [0.5, 0.6) is 0 Å². The number of fused-ring (bicyclic) bond motifs is 1. The van der Waals surface area contributed by atoms with Crippen molar-refractivity contribution < 1.29 is 0 Å². The predicted octanol–water partition coefficient (Wildman–Crippen LogP) is 0.819. The smallest absolute Gasteiger partial charge is 0.252 e. The number of anilines is 1. The molecule has 90 valence electrons. The minimum atomic E-state index is -0.256. The molecule has 2 aromatic heterocycles. The van der Waals surface area contributed by atoms with E-state index in [-0.39, 0.29) is 11.4 Å². The van der Waals surface area contributed by atoms with Crippen molar-refractivity contribution in [3.8, 4) is 0 Å². The van der Waals surface area contributed by atoms with E-state index in [0.717, 1.165) is 16.9 Å². The van der Waals surface area contributed by atoms with Crippen molar-refractivity contribution in [1.29, 1.82) is 0 Å². The van der Waals surface area contributed by atoms with E-state index in [4.69, 9.17) is 5.73 Å². The summed E-state index contributed by atoms with van der Waals surface area (Å²) in [5.41, 5.74) is 7.12. The molecular weight excluding hydrogens is 230 g/mol. The van der Waals surface area contributed by atoms with Gasteiger partial charge in [-0.25, -0.2) is 9.97 Å². The van der Waals surface area contributed by atoms with Gasteiger partial charge in [-0.1, -0.05) is 12.1 Å². The van der Waals surface area contributed by atoms with Crippen LogP contribution < -0.4 is 11.3 Å². The van der Waals surface area contributed by atoms with Gasteiger partial charge in [0.1, 0.15) is 17.5 Å². The van der Waals surface area contributed by atoms with Crippen LogP contribution in [0.2, 0.25) is 0 Å². The summed E-state index contributed by atoms with van der Waals surface area (Å²) < 4.78 is 0. The van der Waals surface area contributed by atoms with Crippen LogP contribution in [0.1, 0.15) is 11.6 Å². The summed E-state index contributed by atoms with van der Waals surface area (Å²) in [5.74, 6) is 1.45. The van der Waals surface area contributed by atoms with Crippen molar-refractivity contribution in [3.63, 3.8) is 0 Å². The Morgan fingerprint density at radius 1 is 1.11 bits per heavy atom. The third kappa shape index (κ3) is 1.95. The number of rotatable bonds is 2. The lowest BCUT2D eigenvalue weighted by atomic mass is 10.3. The molecule has 0 aliphatic rings. The lowest BCUT2D eigenvalue weighted by Gasteiger charge is -1.98. The number of hydrogen-bond donors (Lipinski definition) is 3. The van der Waals surface area contributed by atoms with Gasteiger partial charge in [0.05, 0.1) is 17.5 Å². The number of aromatic amines is 2. The lowest BCUT2D eigenvalue weighted by Crippen LogP contribution is -2.12. The summed E-state index contributed by atoms with van der Waals surface area (Å²) in [6.45, 7) is 0. The Bertz CT molecular complexity index is 725. The Morgan fingerprint density at radius 3 is 2.67 bits per heavy atom. The second-order valence-electron chi connectivity index (χ2n) is 3.99. The number of hydrogen-bond acceptors (Lipinski definition) is 4. The van der Waals surface area contributed by atoms with E-state index in [0.29, 0.717) is 12.2 Å². The van der Waals surface area contributed by atoms with Crippen molar-refractivity contribution in [3.05, 3.63) is 52.3 Å². The number of H-pyrrole nitrogens is 2. The zero-order valence-corrected chi connectivity index (χ0v) is 9.47. The molecule has 0 spiro atoms. The second-order valence-corrected chi connectivity index (χ2v) is 3.99. The first kappa shape index (κ1) is 10.5. The number of nitrogens with two attached hydrogens (primary N) is 1. The van der Waals surface area contributed by atoms with Gasteiger partial charge < -0.3 is 15.7 Å². The number of nitrogen functional groups attached to an aromatic ring is 1. The Labute approximate surface area is 102 Å². The Balaban J connectivity index is 1.98. The quantitative estimate of drug-likeness (QED) is 0.618. The molecule has 1 aromatic carbocycles. The maximum atomic E-state index is 11.3. The number of nitrogens with zero attached hydrogens (tertiary/aromatic N) is 2. The first-order chi connectivity index (χ1) is 8.70. The molecule has 0 atom stereocenters. The molecule has 0 saturated carbocycles. The number of imidazole rings is 1. The molecule has 0 fully saturated rings. The van der Waals surface area contributed by atoms with Gasteiger partial charge in [0, 0.05) is 6.07 Å². The summed E-state index contributed by atoms with van der Waals surface area (Å²) >= 11 is 0. The molecule has 4 N–H and O–H groups in total. The average Bonchev–Trinajstić information content (AvgIpc) is 2.69. The molecule has 6 nitrogen and oxygen atoms in total. The molecule has 0 unspecified atom stereocenters. The zero-order valence-electron chi connectivity index (χ0n) is 9.47. The van der Waals surface area contributed by atoms with Crippen molar-refractivity contribution in [2.75, 3.05) is 5.73 Å². The largest absolute Gasteiger partial charge is 0.383 e. The SMILES string of the molecule is Nc1cc(=O)[nH]c(Cc2nc3ccccc3[nH]2)n1. The normalized spacial score (nSPS) is 10.9. The third-order valence-corrected chi connectivity index (χ3v) is 2.58. The Kier molecular flexibility index (Phi) is 2.33. The molecular formula is C12H11N5O. The molecule has 3 rings (SSSR count). The van der Waals surface area contributed by atoms with Crippen LogP contribution in [0, 0.1) is 0 Å². The van der Waals surface area contributed by atoms with Crippen molar-refractivity contribution in [1.82, 2.24) is 19.9 Å². The lowest BCUT2D eigenvalue weighted by molar-refractivity contribution is 0.907. The van der Waals surface area contributed by atoms with Crippen LogP contribution in [0.4, 0.5) is 5.82 Å². The summed E-state index contributed by atoms with van der Waals surface area (Å²) in [4.78, 5) is 25.5. The van der Waals surface area contributed by atoms with E-state index in [2.05, 4.69) is 19.9 Å². The van der Waals surface area contributed by atoms with Crippen molar-refractivity contribution in [2.45, 2.75) is 6.42 Å². The standard InChI is InChI=1S/C12H11N5O/c13-9-5-12(18)17-11(16-9)6-10-14-7-3-1-2-4-8(7)15-10/h1-5H,6H2,(H,14,15)(H3,13,16,17,18). The van der Waals surface area contributed by atoms with E-state index in [1.165, 1.54) is 6.07 Å². The van der Waals surface area contributed by atoms with E-state index in [1.54, 1.807) is 0 Å². The molecule has 2 heterocycles. The van der Waals surface area contributed by atoms with Crippen molar-refractivity contribution in [2.24, 2.45) is 0 Å². The molecule has 6 heteroatoms. The Hall–Kier alpha value is -2.63. The van der Waals surface area contributed by atoms with Crippen LogP contribution in [-0.4, -0.2) is 19.9 Å². The summed E-state index contributed by atoms with van der Waals surface area (Å²) in [6, 6.07) is 8.98. The molecule has 0 radical (unpaired) electrons. The first-order valence-electron chi connectivity index (χ1n) is 5.50. The summed E-state index contributed by atoms with van der Waals surface area (Å²) in [7, 11) is 0. The van der Waals surface area contributed by atoms with Crippen LogP contribution >= 0.6 is 0 Å². The van der Waals surface area contributed by atoms with Crippen molar-refractivity contribution >= 4 is 16.9 Å². The zero-order chi connectivity index (χ0) is 12.5. The molecule has 0 amide bonds. The maximum Gasteiger partial charge on any atom is 0.252 e. The van der Waals surface area contributed by atoms with Crippen LogP contribution in [0.25, 0.3) is 11.0 Å². The topological polar surface area (TPSA) is 100 Å². The van der Waals surface area contributed by atoms with Gasteiger partial charge in [-0.3, -0.25) is 4.79 Å². The van der Waals surface area contributed by atoms with E-state index in [1.807, 2.05) is 24.3 Å². The van der Waals surface area contributed by atoms with Gasteiger partial charge in [0.25, 0.3) is 5.56 Å². The van der Waals surface area contributed by atoms with Gasteiger partial charge >= 0.3 is 0 Å². The molecule has 0 bridgehead atoms. The molecule has 0 aliphatic heterocycles. The molecule has 0 saturated heterocycles.